The second kappa shape index (κ2) is 8.06. The zero-order chi connectivity index (χ0) is 15.1. The number of ether oxygens (including phenoxy) is 1. The summed E-state index contributed by atoms with van der Waals surface area (Å²) >= 11 is 0. The summed E-state index contributed by atoms with van der Waals surface area (Å²) in [6.45, 7) is 1.85. The molecule has 1 heterocycles. The van der Waals surface area contributed by atoms with E-state index in [0.29, 0.717) is 19.7 Å². The number of carbonyl (C=O) groups is 2. The lowest BCUT2D eigenvalue weighted by atomic mass is 10.2. The van der Waals surface area contributed by atoms with E-state index in [-0.39, 0.29) is 18.6 Å². The van der Waals surface area contributed by atoms with Crippen molar-refractivity contribution < 1.29 is 19.4 Å². The Hall–Kier alpha value is -1.34. The fourth-order valence-corrected chi connectivity index (χ4v) is 2.49. The van der Waals surface area contributed by atoms with Gasteiger partial charge in [-0.3, -0.25) is 4.79 Å². The van der Waals surface area contributed by atoms with Crippen molar-refractivity contribution in [3.05, 3.63) is 0 Å². The first-order valence-corrected chi connectivity index (χ1v) is 6.86. The predicted octanol–water partition coefficient (Wildman–Crippen LogP) is 0.165. The van der Waals surface area contributed by atoms with Crippen molar-refractivity contribution in [1.29, 1.82) is 0 Å². The van der Waals surface area contributed by atoms with Gasteiger partial charge >= 0.3 is 12.0 Å². The summed E-state index contributed by atoms with van der Waals surface area (Å²) in [7, 11) is 5.48. The molecule has 1 unspecified atom stereocenters. The molecule has 0 aromatic carbocycles. The Balaban J connectivity index is 2.68. The quantitative estimate of drug-likeness (QED) is 0.722. The first kappa shape index (κ1) is 16.7. The summed E-state index contributed by atoms with van der Waals surface area (Å²) < 4.78 is 4.94. The number of nitrogens with zero attached hydrogens (tertiary/aromatic N) is 3. The van der Waals surface area contributed by atoms with Crippen LogP contribution in [0.2, 0.25) is 0 Å². The van der Waals surface area contributed by atoms with Gasteiger partial charge in [0, 0.05) is 32.8 Å². The molecule has 1 atom stereocenters. The van der Waals surface area contributed by atoms with Gasteiger partial charge in [-0.2, -0.15) is 0 Å². The monoisotopic (exact) mass is 287 g/mol. The fourth-order valence-electron chi connectivity index (χ4n) is 2.49. The van der Waals surface area contributed by atoms with Crippen LogP contribution in [0.25, 0.3) is 0 Å². The van der Waals surface area contributed by atoms with Crippen LogP contribution in [-0.4, -0.2) is 91.8 Å². The van der Waals surface area contributed by atoms with Crippen molar-refractivity contribution >= 4 is 12.0 Å². The third-order valence-corrected chi connectivity index (χ3v) is 3.36. The van der Waals surface area contributed by atoms with E-state index in [2.05, 4.69) is 0 Å². The van der Waals surface area contributed by atoms with Crippen LogP contribution in [0.1, 0.15) is 12.8 Å². The van der Waals surface area contributed by atoms with Gasteiger partial charge in [0.15, 0.2) is 0 Å². The number of carboxylic acid groups (broad SMARTS) is 1. The number of hydrogen-bond acceptors (Lipinski definition) is 4. The predicted molar refractivity (Wildman–Crippen MR) is 74.8 cm³/mol. The fraction of sp³-hybridized carbons (Fsp3) is 0.846. The molecular weight excluding hydrogens is 262 g/mol. The molecule has 7 heteroatoms. The summed E-state index contributed by atoms with van der Waals surface area (Å²) in [5.74, 6) is -1.00. The van der Waals surface area contributed by atoms with Crippen LogP contribution < -0.4 is 0 Å². The van der Waals surface area contributed by atoms with Gasteiger partial charge in [-0.1, -0.05) is 0 Å². The van der Waals surface area contributed by atoms with Gasteiger partial charge in [-0.25, -0.2) is 4.79 Å². The van der Waals surface area contributed by atoms with Gasteiger partial charge in [0.05, 0.1) is 6.61 Å². The van der Waals surface area contributed by atoms with Crippen molar-refractivity contribution in [3.8, 4) is 0 Å². The highest BCUT2D eigenvalue weighted by atomic mass is 16.5. The maximum Gasteiger partial charge on any atom is 0.323 e. The van der Waals surface area contributed by atoms with Crippen LogP contribution >= 0.6 is 0 Å². The van der Waals surface area contributed by atoms with Gasteiger partial charge in [-0.05, 0) is 26.9 Å². The standard InChI is InChI=1S/C13H25N3O4/c1-14(2)9-11-5-4-6-16(11)13(19)15(7-8-20-3)10-12(17)18/h11H,4-10H2,1-3H3,(H,17,18). The second-order valence-corrected chi connectivity index (χ2v) is 5.34. The molecule has 20 heavy (non-hydrogen) atoms. The zero-order valence-corrected chi connectivity index (χ0v) is 12.5. The second-order valence-electron chi connectivity index (χ2n) is 5.34. The Labute approximate surface area is 120 Å². The lowest BCUT2D eigenvalue weighted by Crippen LogP contribution is -2.50. The number of methoxy groups -OCH3 is 1. The Morgan fingerprint density at radius 3 is 2.65 bits per heavy atom. The summed E-state index contributed by atoms with van der Waals surface area (Å²) in [5, 5.41) is 8.92. The molecule has 1 N–H and O–H groups in total. The average molecular weight is 287 g/mol. The van der Waals surface area contributed by atoms with E-state index in [9.17, 15) is 9.59 Å². The number of carboxylic acids is 1. The van der Waals surface area contributed by atoms with E-state index < -0.39 is 5.97 Å². The molecule has 0 aliphatic carbocycles. The van der Waals surface area contributed by atoms with Gasteiger partial charge < -0.3 is 24.5 Å². The maximum absolute atomic E-state index is 12.5. The average Bonchev–Trinajstić information content (AvgIpc) is 2.80. The minimum Gasteiger partial charge on any atom is -0.480 e. The molecular formula is C13H25N3O4. The van der Waals surface area contributed by atoms with Crippen molar-refractivity contribution in [2.75, 3.05) is 54.0 Å². The van der Waals surface area contributed by atoms with Crippen LogP contribution in [0.3, 0.4) is 0 Å². The van der Waals surface area contributed by atoms with Crippen LogP contribution in [0.5, 0.6) is 0 Å². The van der Waals surface area contributed by atoms with E-state index >= 15 is 0 Å². The SMILES string of the molecule is COCCN(CC(=O)O)C(=O)N1CCCC1CN(C)C. The van der Waals surface area contributed by atoms with Crippen LogP contribution in [0, 0.1) is 0 Å². The highest BCUT2D eigenvalue weighted by Gasteiger charge is 2.32. The van der Waals surface area contributed by atoms with Crippen molar-refractivity contribution in [3.63, 3.8) is 0 Å². The first-order valence-electron chi connectivity index (χ1n) is 6.86. The molecule has 1 fully saturated rings. The van der Waals surface area contributed by atoms with Crippen molar-refractivity contribution in [2.45, 2.75) is 18.9 Å². The lowest BCUT2D eigenvalue weighted by Gasteiger charge is -2.32. The molecule has 1 aliphatic rings. The summed E-state index contributed by atoms with van der Waals surface area (Å²) in [5.41, 5.74) is 0. The van der Waals surface area contributed by atoms with Gasteiger partial charge in [0.25, 0.3) is 0 Å². The molecule has 2 amide bonds. The highest BCUT2D eigenvalue weighted by Crippen LogP contribution is 2.19. The first-order chi connectivity index (χ1) is 9.45. The van der Waals surface area contributed by atoms with Crippen molar-refractivity contribution in [2.24, 2.45) is 0 Å². The molecule has 1 aliphatic heterocycles. The largest absolute Gasteiger partial charge is 0.480 e. The molecule has 1 saturated heterocycles. The molecule has 0 radical (unpaired) electrons. The van der Waals surface area contributed by atoms with E-state index in [1.807, 2.05) is 19.0 Å². The van der Waals surface area contributed by atoms with Crippen LogP contribution in [-0.2, 0) is 9.53 Å². The summed E-state index contributed by atoms with van der Waals surface area (Å²) in [4.78, 5) is 28.6. The Bertz CT molecular complexity index is 336. The molecule has 0 aromatic heterocycles. The minimum absolute atomic E-state index is 0.163. The number of hydrogen-bond donors (Lipinski definition) is 1. The third-order valence-electron chi connectivity index (χ3n) is 3.36. The number of rotatable bonds is 7. The Morgan fingerprint density at radius 2 is 2.10 bits per heavy atom. The highest BCUT2D eigenvalue weighted by molar-refractivity contribution is 5.80. The molecule has 0 saturated carbocycles. The number of carbonyl (C=O) groups excluding carboxylic acids is 1. The number of likely N-dealkylation sites (N-methyl/N-ethyl adjacent to an activating group) is 1. The van der Waals surface area contributed by atoms with E-state index in [1.54, 1.807) is 4.90 Å². The van der Waals surface area contributed by atoms with Gasteiger partial charge in [-0.15, -0.1) is 0 Å². The zero-order valence-electron chi connectivity index (χ0n) is 12.5. The van der Waals surface area contributed by atoms with E-state index in [0.717, 1.165) is 19.4 Å². The van der Waals surface area contributed by atoms with Crippen molar-refractivity contribution in [1.82, 2.24) is 14.7 Å². The van der Waals surface area contributed by atoms with E-state index in [1.165, 1.54) is 12.0 Å². The number of likely N-dealkylation sites (tertiary alicyclic amines) is 1. The molecule has 1 rings (SSSR count). The smallest absolute Gasteiger partial charge is 0.323 e. The Morgan fingerprint density at radius 1 is 1.40 bits per heavy atom. The van der Waals surface area contributed by atoms with Crippen LogP contribution in [0.4, 0.5) is 4.79 Å². The minimum atomic E-state index is -1.00. The third kappa shape index (κ3) is 4.97. The molecule has 7 nitrogen and oxygen atoms in total. The van der Waals surface area contributed by atoms with Gasteiger partial charge in [0.2, 0.25) is 0 Å². The summed E-state index contributed by atoms with van der Waals surface area (Å²) in [6.07, 6.45) is 1.94. The topological polar surface area (TPSA) is 73.3 Å². The number of urea groups is 1. The molecule has 0 aromatic rings. The van der Waals surface area contributed by atoms with Crippen LogP contribution in [0.15, 0.2) is 0 Å². The molecule has 116 valence electrons. The maximum atomic E-state index is 12.5. The normalized spacial score (nSPS) is 18.6. The molecule has 0 bridgehead atoms. The van der Waals surface area contributed by atoms with Gasteiger partial charge in [0.1, 0.15) is 6.54 Å². The molecule has 0 spiro atoms. The Kier molecular flexibility index (Phi) is 6.74. The summed E-state index contributed by atoms with van der Waals surface area (Å²) in [6, 6.07) is -0.0369. The lowest BCUT2D eigenvalue weighted by molar-refractivity contribution is -0.137. The number of amides is 2. The number of aliphatic carboxylic acids is 1. The van der Waals surface area contributed by atoms with E-state index in [4.69, 9.17) is 9.84 Å².